The molecule has 0 N–H and O–H groups in total. The van der Waals surface area contributed by atoms with Crippen molar-refractivity contribution >= 4 is 10.1 Å². The van der Waals surface area contributed by atoms with Gasteiger partial charge in [-0.25, -0.2) is 43.5 Å². The molecule has 0 aliphatic heterocycles. The van der Waals surface area contributed by atoms with E-state index in [0.29, 0.717) is 0 Å². The van der Waals surface area contributed by atoms with Crippen LogP contribution < -0.4 is 0 Å². The fraction of sp³-hybridized carbons (Fsp3) is 1.00. The summed E-state index contributed by atoms with van der Waals surface area (Å²) in [5.74, 6) is -13.5. The van der Waals surface area contributed by atoms with Crippen LogP contribution in [0.3, 0.4) is 0 Å². The monoisotopic (exact) mass is 553 g/mol. The molecule has 0 heterocycles. The molecule has 0 rings (SSSR count). The summed E-state index contributed by atoms with van der Waals surface area (Å²) in [7, 11) is -6.83. The Labute approximate surface area is 189 Å². The minimum absolute atomic E-state index is 1.28. The summed E-state index contributed by atoms with van der Waals surface area (Å²) < 4.78 is 184. The first kappa shape index (κ1) is 35.2. The first-order valence-electron chi connectivity index (χ1n) is 9.82. The van der Waals surface area contributed by atoms with E-state index in [1.54, 1.807) is 0 Å². The molecule has 0 aliphatic rings. The summed E-state index contributed by atoms with van der Waals surface area (Å²) >= 11 is 0. The Balaban J connectivity index is 0. The smallest absolute Gasteiger partial charge is 0.356 e. The molecule has 0 saturated heterocycles. The van der Waals surface area contributed by atoms with Crippen LogP contribution in [0.4, 0.5) is 52.7 Å². The molecule has 0 aromatic carbocycles. The summed E-state index contributed by atoms with van der Waals surface area (Å²) in [6, 6.07) is 0. The van der Waals surface area contributed by atoms with E-state index in [9.17, 15) is 65.7 Å². The lowest BCUT2D eigenvalue weighted by Crippen LogP contribution is -2.59. The summed E-state index contributed by atoms with van der Waals surface area (Å²) in [6.07, 6.45) is -27.2. The molecule has 0 bridgehead atoms. The number of hydrogen-bond donors (Lipinski definition) is 0. The number of alkyl halides is 12. The highest BCUT2D eigenvalue weighted by atomic mass is 32.2. The van der Waals surface area contributed by atoms with Crippen LogP contribution in [0.25, 0.3) is 0 Å². The molecule has 6 atom stereocenters. The van der Waals surface area contributed by atoms with E-state index < -0.39 is 64.8 Å². The number of nitrogens with zero attached hydrogens (tertiary/aromatic N) is 1. The Morgan fingerprint density at radius 1 is 0.647 bits per heavy atom. The van der Waals surface area contributed by atoms with Crippen molar-refractivity contribution in [3.63, 3.8) is 0 Å². The van der Waals surface area contributed by atoms with E-state index in [1.807, 2.05) is 0 Å². The first-order chi connectivity index (χ1) is 15.1. The maximum atomic E-state index is 13.1. The second-order valence-corrected chi connectivity index (χ2v) is 8.57. The zero-order valence-electron chi connectivity index (χ0n) is 18.5. The first-order valence-corrected chi connectivity index (χ1v) is 11.3. The van der Waals surface area contributed by atoms with Crippen molar-refractivity contribution in [1.82, 2.24) is 0 Å². The molecule has 0 radical (unpaired) electrons. The quantitative estimate of drug-likeness (QED) is 0.185. The lowest BCUT2D eigenvalue weighted by Gasteiger charge is -2.34. The second-order valence-electron chi connectivity index (χ2n) is 7.18. The third kappa shape index (κ3) is 8.31. The van der Waals surface area contributed by atoms with Gasteiger partial charge in [-0.15, -0.1) is 0 Å². The number of halogens is 12. The molecular formula is C17H27F12NO3S. The van der Waals surface area contributed by atoms with E-state index >= 15 is 0 Å². The van der Waals surface area contributed by atoms with Gasteiger partial charge in [0.2, 0.25) is 6.17 Å². The molecule has 17 heteroatoms. The van der Waals surface area contributed by atoms with Gasteiger partial charge in [0.05, 0.1) is 26.2 Å². The van der Waals surface area contributed by atoms with Gasteiger partial charge >= 0.3 is 11.8 Å². The highest BCUT2D eigenvalue weighted by Gasteiger charge is 2.70. The molecule has 34 heavy (non-hydrogen) atoms. The Bertz CT molecular complexity index is 676. The molecule has 6 unspecified atom stereocenters. The van der Waals surface area contributed by atoms with Crippen molar-refractivity contribution in [3.8, 4) is 0 Å². The van der Waals surface area contributed by atoms with Gasteiger partial charge in [-0.3, -0.25) is 0 Å². The third-order valence-corrected chi connectivity index (χ3v) is 6.25. The molecule has 208 valence electrons. The fourth-order valence-electron chi connectivity index (χ4n) is 2.71. The molecule has 0 spiro atoms. The Hall–Kier alpha value is -0.970. The standard InChI is InChI=1S/C9H8F12O3S.C8H20N/c10-1(2(11)4(13)6(15)16)3(12)5(14)8(18,19)9(20,21)7(17)25(22,23)24;1-5-9(6-2,7-3)8-4/h1-7H,(H,22,23,24);5-8H2,1-4H3/q;+1/p-1. The summed E-state index contributed by atoms with van der Waals surface area (Å²) in [5.41, 5.74) is -5.31. The number of hydrogen-bond acceptors (Lipinski definition) is 3. The fourth-order valence-corrected chi connectivity index (χ4v) is 3.23. The van der Waals surface area contributed by atoms with Gasteiger partial charge in [0.15, 0.2) is 24.7 Å². The molecule has 0 aromatic rings. The van der Waals surface area contributed by atoms with Gasteiger partial charge in [-0.2, -0.15) is 17.6 Å². The molecule has 4 nitrogen and oxygen atoms in total. The minimum atomic E-state index is -6.83. The van der Waals surface area contributed by atoms with Crippen LogP contribution in [0.15, 0.2) is 0 Å². The zero-order valence-corrected chi connectivity index (χ0v) is 19.3. The van der Waals surface area contributed by atoms with Gasteiger partial charge in [0.1, 0.15) is 10.1 Å². The predicted octanol–water partition coefficient (Wildman–Crippen LogP) is 4.94. The largest absolute Gasteiger partial charge is 0.746 e. The zero-order chi connectivity index (χ0) is 27.9. The number of rotatable bonds is 13. The third-order valence-electron chi connectivity index (χ3n) is 5.45. The topological polar surface area (TPSA) is 57.2 Å². The van der Waals surface area contributed by atoms with E-state index in [2.05, 4.69) is 27.7 Å². The maximum Gasteiger partial charge on any atom is 0.356 e. The summed E-state index contributed by atoms with van der Waals surface area (Å²) in [4.78, 5) is 0. The van der Waals surface area contributed by atoms with Crippen LogP contribution in [-0.2, 0) is 10.1 Å². The van der Waals surface area contributed by atoms with E-state index in [0.717, 1.165) is 0 Å². The lowest BCUT2D eigenvalue weighted by atomic mass is 9.97. The van der Waals surface area contributed by atoms with Gasteiger partial charge in [0.25, 0.3) is 11.9 Å². The van der Waals surface area contributed by atoms with Crippen molar-refractivity contribution in [2.24, 2.45) is 0 Å². The second kappa shape index (κ2) is 13.4. The van der Waals surface area contributed by atoms with E-state index in [-0.39, 0.29) is 0 Å². The van der Waals surface area contributed by atoms with Crippen molar-refractivity contribution in [2.45, 2.75) is 82.3 Å². The van der Waals surface area contributed by atoms with Gasteiger partial charge in [-0.05, 0) is 27.7 Å². The van der Waals surface area contributed by atoms with Gasteiger partial charge in [-0.1, -0.05) is 0 Å². The molecule has 0 aliphatic carbocycles. The van der Waals surface area contributed by atoms with Crippen LogP contribution in [0.5, 0.6) is 0 Å². The highest BCUT2D eigenvalue weighted by Crippen LogP contribution is 2.45. The van der Waals surface area contributed by atoms with Crippen LogP contribution in [-0.4, -0.2) is 98.3 Å². The molecular weight excluding hydrogens is 526 g/mol. The Kier molecular flexibility index (Phi) is 13.8. The van der Waals surface area contributed by atoms with Crippen molar-refractivity contribution in [3.05, 3.63) is 0 Å². The normalized spacial score (nSPS) is 19.0. The minimum Gasteiger partial charge on any atom is -0.746 e. The summed E-state index contributed by atoms with van der Waals surface area (Å²) in [6.45, 7) is 14.2. The predicted molar refractivity (Wildman–Crippen MR) is 97.4 cm³/mol. The van der Waals surface area contributed by atoms with Crippen molar-refractivity contribution in [1.29, 1.82) is 0 Å². The average molecular weight is 553 g/mol. The molecule has 0 aromatic heterocycles. The molecule has 0 amide bonds. The lowest BCUT2D eigenvalue weighted by molar-refractivity contribution is -0.921. The molecule has 0 fully saturated rings. The van der Waals surface area contributed by atoms with Crippen molar-refractivity contribution < 1.29 is 70.1 Å². The van der Waals surface area contributed by atoms with E-state index in [1.165, 1.54) is 30.7 Å². The van der Waals surface area contributed by atoms with Crippen LogP contribution >= 0.6 is 0 Å². The van der Waals surface area contributed by atoms with Crippen LogP contribution in [0.2, 0.25) is 0 Å². The maximum absolute atomic E-state index is 13.1. The Morgan fingerprint density at radius 2 is 0.971 bits per heavy atom. The average Bonchev–Trinajstić information content (AvgIpc) is 2.77. The van der Waals surface area contributed by atoms with Gasteiger partial charge < -0.3 is 9.04 Å². The van der Waals surface area contributed by atoms with Crippen molar-refractivity contribution in [2.75, 3.05) is 26.2 Å². The Morgan fingerprint density at radius 3 is 1.21 bits per heavy atom. The summed E-state index contributed by atoms with van der Waals surface area (Å²) in [5, 5.41) is 0. The number of quaternary nitrogens is 1. The highest BCUT2D eigenvalue weighted by molar-refractivity contribution is 7.86. The molecule has 0 saturated carbocycles. The van der Waals surface area contributed by atoms with Crippen LogP contribution in [0, 0.1) is 0 Å². The van der Waals surface area contributed by atoms with E-state index in [4.69, 9.17) is 0 Å². The van der Waals surface area contributed by atoms with Gasteiger partial charge in [0, 0.05) is 0 Å². The SMILES string of the molecule is CC[N+](CC)(CC)CC.O=S(=O)([O-])C(F)C(F)(F)C(F)(F)C(F)C(F)C(F)C(F)C(F)C(F)F. The van der Waals surface area contributed by atoms with Crippen LogP contribution in [0.1, 0.15) is 27.7 Å².